The van der Waals surface area contributed by atoms with Gasteiger partial charge in [-0.3, -0.25) is 9.88 Å². The first-order valence-corrected chi connectivity index (χ1v) is 8.04. The van der Waals surface area contributed by atoms with Gasteiger partial charge in [0.25, 0.3) is 0 Å². The van der Waals surface area contributed by atoms with E-state index in [-0.39, 0.29) is 0 Å². The molecule has 1 N–H and O–H groups in total. The van der Waals surface area contributed by atoms with Gasteiger partial charge in [-0.05, 0) is 35.4 Å². The molecule has 4 heteroatoms. The van der Waals surface area contributed by atoms with Crippen LogP contribution in [0, 0.1) is 0 Å². The number of hydrogen-bond donors (Lipinski definition) is 1. The van der Waals surface area contributed by atoms with E-state index in [9.17, 15) is 0 Å². The topological polar surface area (TPSA) is 37.4 Å². The van der Waals surface area contributed by atoms with Gasteiger partial charge in [-0.25, -0.2) is 0 Å². The molecule has 1 aliphatic rings. The Bertz CT molecular complexity index is 630. The Balaban J connectivity index is 1.73. The summed E-state index contributed by atoms with van der Waals surface area (Å²) in [5.41, 5.74) is 2.58. The molecule has 0 saturated carbocycles. The average molecular weight is 309 g/mol. The molecule has 0 amide bonds. The molecule has 0 bridgehead atoms. The molecule has 1 unspecified atom stereocenters. The van der Waals surface area contributed by atoms with Gasteiger partial charge in [0.1, 0.15) is 12.4 Å². The molecule has 1 atom stereocenters. The lowest BCUT2D eigenvalue weighted by molar-refractivity contribution is 0.153. The molecule has 0 aliphatic carbocycles. The monoisotopic (exact) mass is 309 g/mol. The van der Waals surface area contributed by atoms with Gasteiger partial charge in [0.2, 0.25) is 0 Å². The van der Waals surface area contributed by atoms with Crippen molar-refractivity contribution in [2.75, 3.05) is 26.2 Å². The van der Waals surface area contributed by atoms with E-state index in [1.165, 1.54) is 11.1 Å². The lowest BCUT2D eigenvalue weighted by atomic mass is 10.0. The summed E-state index contributed by atoms with van der Waals surface area (Å²) >= 11 is 0. The van der Waals surface area contributed by atoms with Crippen LogP contribution in [0.15, 0.2) is 61.4 Å². The summed E-state index contributed by atoms with van der Waals surface area (Å²) in [6.07, 6.45) is 5.50. The maximum Gasteiger partial charge on any atom is 0.120 e. The molecule has 1 aromatic carbocycles. The zero-order valence-corrected chi connectivity index (χ0v) is 13.3. The van der Waals surface area contributed by atoms with Crippen LogP contribution in [-0.4, -0.2) is 36.1 Å². The summed E-state index contributed by atoms with van der Waals surface area (Å²) in [5.74, 6) is 0.901. The van der Waals surface area contributed by atoms with Crippen LogP contribution in [0.3, 0.4) is 0 Å². The normalized spacial score (nSPS) is 18.5. The van der Waals surface area contributed by atoms with Crippen LogP contribution in [-0.2, 0) is 6.54 Å². The van der Waals surface area contributed by atoms with Crippen molar-refractivity contribution in [1.82, 2.24) is 15.2 Å². The largest absolute Gasteiger partial charge is 0.490 e. The zero-order valence-electron chi connectivity index (χ0n) is 13.3. The fraction of sp³-hybridized carbons (Fsp3) is 0.316. The number of nitrogens with zero attached hydrogens (tertiary/aromatic N) is 2. The van der Waals surface area contributed by atoms with E-state index in [4.69, 9.17) is 4.74 Å². The minimum Gasteiger partial charge on any atom is -0.490 e. The SMILES string of the molecule is C=CCOc1cccc(CN2CCNCC2c2ccncc2)c1. The average Bonchev–Trinajstić information content (AvgIpc) is 2.61. The van der Waals surface area contributed by atoms with Crippen LogP contribution in [0.5, 0.6) is 5.75 Å². The van der Waals surface area contributed by atoms with E-state index < -0.39 is 0 Å². The molecule has 0 spiro atoms. The first kappa shape index (κ1) is 15.7. The minimum absolute atomic E-state index is 0.379. The molecule has 2 aromatic rings. The van der Waals surface area contributed by atoms with Crippen LogP contribution in [0.2, 0.25) is 0 Å². The molecule has 0 radical (unpaired) electrons. The van der Waals surface area contributed by atoms with Crippen molar-refractivity contribution in [3.05, 3.63) is 72.6 Å². The molecule has 23 heavy (non-hydrogen) atoms. The van der Waals surface area contributed by atoms with Gasteiger partial charge in [0.15, 0.2) is 0 Å². The summed E-state index contributed by atoms with van der Waals surface area (Å²) in [4.78, 5) is 6.64. The van der Waals surface area contributed by atoms with Crippen molar-refractivity contribution in [1.29, 1.82) is 0 Å². The van der Waals surface area contributed by atoms with Crippen LogP contribution in [0.25, 0.3) is 0 Å². The molecule has 120 valence electrons. The Kier molecular flexibility index (Phi) is 5.40. The second kappa shape index (κ2) is 7.90. The molecule has 3 rings (SSSR count). The molecule has 1 aromatic heterocycles. The standard InChI is InChI=1S/C19H23N3O/c1-2-12-23-18-5-3-4-16(13-18)15-22-11-10-21-14-19(22)17-6-8-20-9-7-17/h2-9,13,19,21H,1,10-12,14-15H2. The molecule has 2 heterocycles. The quantitative estimate of drug-likeness (QED) is 0.833. The Morgan fingerprint density at radius 3 is 3.00 bits per heavy atom. The third-order valence-corrected chi connectivity index (χ3v) is 4.10. The van der Waals surface area contributed by atoms with Gasteiger partial charge >= 0.3 is 0 Å². The molecule has 4 nitrogen and oxygen atoms in total. The van der Waals surface area contributed by atoms with Crippen LogP contribution in [0.1, 0.15) is 17.2 Å². The van der Waals surface area contributed by atoms with Crippen molar-refractivity contribution in [3.63, 3.8) is 0 Å². The fourth-order valence-corrected chi connectivity index (χ4v) is 2.97. The lowest BCUT2D eigenvalue weighted by Gasteiger charge is -2.36. The molecule has 1 saturated heterocycles. The summed E-state index contributed by atoms with van der Waals surface area (Å²) in [6.45, 7) is 8.17. The Morgan fingerprint density at radius 1 is 1.30 bits per heavy atom. The predicted molar refractivity (Wildman–Crippen MR) is 92.4 cm³/mol. The van der Waals surface area contributed by atoms with E-state index in [2.05, 4.69) is 52.1 Å². The zero-order chi connectivity index (χ0) is 15.9. The van der Waals surface area contributed by atoms with Crippen molar-refractivity contribution in [2.24, 2.45) is 0 Å². The number of hydrogen-bond acceptors (Lipinski definition) is 4. The minimum atomic E-state index is 0.379. The maximum atomic E-state index is 5.64. The number of benzene rings is 1. The highest BCUT2D eigenvalue weighted by molar-refractivity contribution is 5.29. The van der Waals surface area contributed by atoms with Crippen molar-refractivity contribution < 1.29 is 4.74 Å². The number of nitrogens with one attached hydrogen (secondary N) is 1. The smallest absolute Gasteiger partial charge is 0.120 e. The molecule has 1 fully saturated rings. The highest BCUT2D eigenvalue weighted by Crippen LogP contribution is 2.24. The van der Waals surface area contributed by atoms with E-state index >= 15 is 0 Å². The van der Waals surface area contributed by atoms with E-state index in [0.717, 1.165) is 31.9 Å². The van der Waals surface area contributed by atoms with Crippen LogP contribution >= 0.6 is 0 Å². The molecular formula is C19H23N3O. The number of ether oxygens (including phenoxy) is 1. The summed E-state index contributed by atoms with van der Waals surface area (Å²) in [5, 5.41) is 3.49. The Hall–Kier alpha value is -2.17. The second-order valence-corrected chi connectivity index (χ2v) is 5.72. The van der Waals surface area contributed by atoms with Crippen LogP contribution in [0.4, 0.5) is 0 Å². The van der Waals surface area contributed by atoms with E-state index in [1.54, 1.807) is 6.08 Å². The second-order valence-electron chi connectivity index (χ2n) is 5.72. The first-order valence-electron chi connectivity index (χ1n) is 8.04. The number of aromatic nitrogens is 1. The van der Waals surface area contributed by atoms with Gasteiger partial charge in [-0.1, -0.05) is 24.8 Å². The van der Waals surface area contributed by atoms with E-state index in [1.807, 2.05) is 18.5 Å². The van der Waals surface area contributed by atoms with Gasteiger partial charge in [-0.2, -0.15) is 0 Å². The van der Waals surface area contributed by atoms with Gasteiger partial charge in [0, 0.05) is 44.6 Å². The third-order valence-electron chi connectivity index (χ3n) is 4.10. The van der Waals surface area contributed by atoms with Crippen molar-refractivity contribution >= 4 is 0 Å². The Labute approximate surface area is 137 Å². The number of pyridine rings is 1. The maximum absolute atomic E-state index is 5.64. The van der Waals surface area contributed by atoms with Gasteiger partial charge in [0.05, 0.1) is 0 Å². The summed E-state index contributed by atoms with van der Waals surface area (Å²) < 4.78 is 5.64. The molecular weight excluding hydrogens is 286 g/mol. The van der Waals surface area contributed by atoms with Crippen molar-refractivity contribution in [3.8, 4) is 5.75 Å². The van der Waals surface area contributed by atoms with E-state index in [0.29, 0.717) is 12.6 Å². The van der Waals surface area contributed by atoms with Crippen LogP contribution < -0.4 is 10.1 Å². The summed E-state index contributed by atoms with van der Waals surface area (Å²) in [6, 6.07) is 12.9. The van der Waals surface area contributed by atoms with Gasteiger partial charge in [-0.15, -0.1) is 0 Å². The van der Waals surface area contributed by atoms with Crippen molar-refractivity contribution in [2.45, 2.75) is 12.6 Å². The molecule has 1 aliphatic heterocycles. The highest BCUT2D eigenvalue weighted by Gasteiger charge is 2.23. The number of piperazine rings is 1. The summed E-state index contributed by atoms with van der Waals surface area (Å²) in [7, 11) is 0. The Morgan fingerprint density at radius 2 is 2.17 bits per heavy atom. The predicted octanol–water partition coefficient (Wildman–Crippen LogP) is 2.79. The van der Waals surface area contributed by atoms with Gasteiger partial charge < -0.3 is 10.1 Å². The fourth-order valence-electron chi connectivity index (χ4n) is 2.97. The first-order chi connectivity index (χ1) is 11.4. The lowest BCUT2D eigenvalue weighted by Crippen LogP contribution is -2.45. The number of rotatable bonds is 6. The third kappa shape index (κ3) is 4.18. The highest BCUT2D eigenvalue weighted by atomic mass is 16.5.